The fraction of sp³-hybridized carbons (Fsp3) is 1.00. The Morgan fingerprint density at radius 1 is 1.27 bits per heavy atom. The SMILES string of the molecule is CCO[Si](C)(CC)OC(C)CCCCF. The van der Waals surface area contributed by atoms with Crippen molar-refractivity contribution >= 4 is 8.56 Å². The van der Waals surface area contributed by atoms with Crippen LogP contribution in [0.3, 0.4) is 0 Å². The van der Waals surface area contributed by atoms with Crippen molar-refractivity contribution in [2.45, 2.75) is 58.7 Å². The molecule has 0 aromatic heterocycles. The molecule has 0 bridgehead atoms. The average molecular weight is 236 g/mol. The minimum Gasteiger partial charge on any atom is -0.395 e. The van der Waals surface area contributed by atoms with Crippen molar-refractivity contribution in [2.75, 3.05) is 13.3 Å². The van der Waals surface area contributed by atoms with Crippen molar-refractivity contribution in [1.82, 2.24) is 0 Å². The molecule has 0 aliphatic heterocycles. The summed E-state index contributed by atoms with van der Waals surface area (Å²) in [5.41, 5.74) is 0. The number of hydrogen-bond donors (Lipinski definition) is 0. The van der Waals surface area contributed by atoms with Gasteiger partial charge in [0.05, 0.1) is 6.67 Å². The van der Waals surface area contributed by atoms with E-state index in [1.807, 2.05) is 6.92 Å². The van der Waals surface area contributed by atoms with E-state index >= 15 is 0 Å². The Bertz CT molecular complexity index is 158. The smallest absolute Gasteiger partial charge is 0.334 e. The summed E-state index contributed by atoms with van der Waals surface area (Å²) >= 11 is 0. The Balaban J connectivity index is 3.84. The average Bonchev–Trinajstić information content (AvgIpc) is 2.18. The van der Waals surface area contributed by atoms with Crippen molar-refractivity contribution in [3.05, 3.63) is 0 Å². The Morgan fingerprint density at radius 3 is 2.40 bits per heavy atom. The second-order valence-corrected chi connectivity index (χ2v) is 7.53. The number of unbranched alkanes of at least 4 members (excludes halogenated alkanes) is 1. The number of hydrogen-bond acceptors (Lipinski definition) is 2. The van der Waals surface area contributed by atoms with Gasteiger partial charge >= 0.3 is 8.56 Å². The van der Waals surface area contributed by atoms with E-state index in [0.29, 0.717) is 13.0 Å². The molecule has 2 nitrogen and oxygen atoms in total. The summed E-state index contributed by atoms with van der Waals surface area (Å²) < 4.78 is 23.6. The molecule has 0 aromatic carbocycles. The molecule has 0 aromatic rings. The first-order chi connectivity index (χ1) is 7.08. The molecule has 2 unspecified atom stereocenters. The molecule has 0 aliphatic carbocycles. The van der Waals surface area contributed by atoms with Crippen LogP contribution in [0.5, 0.6) is 0 Å². The maximum atomic E-state index is 11.9. The van der Waals surface area contributed by atoms with Gasteiger partial charge in [-0.25, -0.2) is 0 Å². The van der Waals surface area contributed by atoms with Gasteiger partial charge in [0.15, 0.2) is 0 Å². The fourth-order valence-corrected chi connectivity index (χ4v) is 3.55. The van der Waals surface area contributed by atoms with Gasteiger partial charge in [-0.2, -0.15) is 0 Å². The van der Waals surface area contributed by atoms with Crippen LogP contribution in [0.25, 0.3) is 0 Å². The zero-order valence-electron chi connectivity index (χ0n) is 10.5. The van der Waals surface area contributed by atoms with Gasteiger partial charge in [-0.1, -0.05) is 6.92 Å². The third-order valence-electron chi connectivity index (χ3n) is 2.54. The number of alkyl halides is 1. The largest absolute Gasteiger partial charge is 0.395 e. The first-order valence-electron chi connectivity index (χ1n) is 5.95. The van der Waals surface area contributed by atoms with Crippen LogP contribution < -0.4 is 0 Å². The lowest BCUT2D eigenvalue weighted by molar-refractivity contribution is 0.123. The van der Waals surface area contributed by atoms with Crippen LogP contribution in [-0.2, 0) is 8.85 Å². The van der Waals surface area contributed by atoms with Gasteiger partial charge in [0.2, 0.25) is 0 Å². The molecule has 0 heterocycles. The van der Waals surface area contributed by atoms with Crippen LogP contribution in [0.15, 0.2) is 0 Å². The zero-order chi connectivity index (χ0) is 11.7. The lowest BCUT2D eigenvalue weighted by Gasteiger charge is -2.29. The monoisotopic (exact) mass is 236 g/mol. The summed E-state index contributed by atoms with van der Waals surface area (Å²) in [7, 11) is -1.94. The second kappa shape index (κ2) is 8.25. The minimum absolute atomic E-state index is 0.194. The Kier molecular flexibility index (Phi) is 8.28. The third-order valence-corrected chi connectivity index (χ3v) is 5.62. The van der Waals surface area contributed by atoms with Crippen LogP contribution >= 0.6 is 0 Å². The van der Waals surface area contributed by atoms with Crippen molar-refractivity contribution in [3.63, 3.8) is 0 Å². The summed E-state index contributed by atoms with van der Waals surface area (Å²) in [4.78, 5) is 0. The van der Waals surface area contributed by atoms with Crippen molar-refractivity contribution in [2.24, 2.45) is 0 Å². The summed E-state index contributed by atoms with van der Waals surface area (Å²) in [5.74, 6) is 0. The van der Waals surface area contributed by atoms with Crippen molar-refractivity contribution < 1.29 is 13.2 Å². The highest BCUT2D eigenvalue weighted by Crippen LogP contribution is 2.17. The molecule has 2 atom stereocenters. The molecule has 0 amide bonds. The van der Waals surface area contributed by atoms with Crippen LogP contribution in [0.4, 0.5) is 4.39 Å². The highest BCUT2D eigenvalue weighted by atomic mass is 28.4. The number of halogens is 1. The summed E-state index contributed by atoms with van der Waals surface area (Å²) in [5, 5.41) is 0. The lowest BCUT2D eigenvalue weighted by atomic mass is 10.2. The topological polar surface area (TPSA) is 18.5 Å². The molecular formula is C11H25FO2Si. The van der Waals surface area contributed by atoms with E-state index in [1.165, 1.54) is 0 Å². The maximum Gasteiger partial charge on any atom is 0.334 e. The van der Waals surface area contributed by atoms with Gasteiger partial charge in [-0.3, -0.25) is 4.39 Å². The zero-order valence-corrected chi connectivity index (χ0v) is 11.5. The predicted molar refractivity (Wildman–Crippen MR) is 64.1 cm³/mol. The molecular weight excluding hydrogens is 211 g/mol. The van der Waals surface area contributed by atoms with Crippen molar-refractivity contribution in [1.29, 1.82) is 0 Å². The van der Waals surface area contributed by atoms with Crippen LogP contribution in [0, 0.1) is 0 Å². The van der Waals surface area contributed by atoms with Crippen LogP contribution in [0.2, 0.25) is 12.6 Å². The van der Waals surface area contributed by atoms with Gasteiger partial charge in [0, 0.05) is 12.7 Å². The van der Waals surface area contributed by atoms with E-state index in [0.717, 1.165) is 18.9 Å². The Labute approximate surface area is 94.4 Å². The second-order valence-electron chi connectivity index (χ2n) is 4.03. The van der Waals surface area contributed by atoms with Crippen LogP contribution in [0.1, 0.15) is 40.0 Å². The van der Waals surface area contributed by atoms with Crippen LogP contribution in [-0.4, -0.2) is 27.9 Å². The molecule has 92 valence electrons. The molecule has 0 rings (SSSR count). The first-order valence-corrected chi connectivity index (χ1v) is 8.48. The predicted octanol–water partition coefficient (Wildman–Crippen LogP) is 3.66. The third kappa shape index (κ3) is 7.03. The van der Waals surface area contributed by atoms with Gasteiger partial charge in [-0.05, 0) is 45.7 Å². The van der Waals surface area contributed by atoms with Gasteiger partial charge in [-0.15, -0.1) is 0 Å². The summed E-state index contributed by atoms with van der Waals surface area (Å²) in [6.45, 7) is 8.75. The molecule has 0 fully saturated rings. The molecule has 0 radical (unpaired) electrons. The van der Waals surface area contributed by atoms with E-state index in [4.69, 9.17) is 8.85 Å². The van der Waals surface area contributed by atoms with Gasteiger partial charge < -0.3 is 8.85 Å². The molecule has 0 N–H and O–H groups in total. The van der Waals surface area contributed by atoms with E-state index in [9.17, 15) is 4.39 Å². The highest BCUT2D eigenvalue weighted by Gasteiger charge is 2.30. The Morgan fingerprint density at radius 2 is 1.93 bits per heavy atom. The molecule has 4 heteroatoms. The molecule has 0 saturated carbocycles. The van der Waals surface area contributed by atoms with Crippen molar-refractivity contribution in [3.8, 4) is 0 Å². The molecule has 0 spiro atoms. The first kappa shape index (κ1) is 15.1. The maximum absolute atomic E-state index is 11.9. The van der Waals surface area contributed by atoms with Gasteiger partial charge in [0.25, 0.3) is 0 Å². The molecule has 0 saturated heterocycles. The summed E-state index contributed by atoms with van der Waals surface area (Å²) in [6, 6.07) is 0.967. The molecule has 0 aliphatic rings. The van der Waals surface area contributed by atoms with E-state index in [1.54, 1.807) is 0 Å². The highest BCUT2D eigenvalue weighted by molar-refractivity contribution is 6.65. The standard InChI is InChI=1S/C11H25FO2Si/c1-5-13-15(4,6-2)14-11(3)9-7-8-10-12/h11H,5-10H2,1-4H3. The van der Waals surface area contributed by atoms with E-state index < -0.39 is 8.56 Å². The summed E-state index contributed by atoms with van der Waals surface area (Å²) in [6.07, 6.45) is 2.67. The number of rotatable bonds is 9. The lowest BCUT2D eigenvalue weighted by Crippen LogP contribution is -2.40. The minimum atomic E-state index is -1.94. The molecule has 15 heavy (non-hydrogen) atoms. The van der Waals surface area contributed by atoms with E-state index in [2.05, 4.69) is 20.4 Å². The Hall–Kier alpha value is 0.0669. The van der Waals surface area contributed by atoms with E-state index in [-0.39, 0.29) is 12.8 Å². The van der Waals surface area contributed by atoms with Gasteiger partial charge in [0.1, 0.15) is 0 Å². The quantitative estimate of drug-likeness (QED) is 0.449. The fourth-order valence-electron chi connectivity index (χ4n) is 1.54. The normalized spacial score (nSPS) is 17.4.